The lowest BCUT2D eigenvalue weighted by molar-refractivity contribution is -0.0298. The predicted molar refractivity (Wildman–Crippen MR) is 136 cm³/mol. The number of nitrogens with one attached hydrogen (secondary N) is 1. The number of fused-ring (bicyclic) bond motifs is 1. The molecule has 5 aromatic rings. The van der Waals surface area contributed by atoms with Gasteiger partial charge in [0.25, 0.3) is 5.91 Å². The van der Waals surface area contributed by atoms with Gasteiger partial charge < -0.3 is 20.2 Å². The number of carbonyl (C=O) groups excluding carboxylic acids is 1. The molecular formula is C26H24N8O3. The lowest BCUT2D eigenvalue weighted by atomic mass is 10.1. The summed E-state index contributed by atoms with van der Waals surface area (Å²) in [6.45, 7) is 2.71. The number of anilines is 2. The molecule has 1 aliphatic rings. The number of benzene rings is 1. The number of nitrogens with two attached hydrogens (primary N) is 1. The van der Waals surface area contributed by atoms with E-state index in [9.17, 15) is 4.79 Å². The van der Waals surface area contributed by atoms with Gasteiger partial charge in [-0.2, -0.15) is 0 Å². The van der Waals surface area contributed by atoms with E-state index >= 15 is 0 Å². The van der Waals surface area contributed by atoms with Crippen molar-refractivity contribution in [3.8, 4) is 22.7 Å². The first-order valence-electron chi connectivity index (χ1n) is 12.0. The van der Waals surface area contributed by atoms with Crippen molar-refractivity contribution in [1.82, 2.24) is 29.5 Å². The Morgan fingerprint density at radius 3 is 2.89 bits per heavy atom. The van der Waals surface area contributed by atoms with Crippen LogP contribution in [0.25, 0.3) is 33.9 Å². The Hall–Kier alpha value is -4.64. The topological polar surface area (TPSA) is 147 Å². The van der Waals surface area contributed by atoms with Gasteiger partial charge in [0.15, 0.2) is 11.3 Å². The van der Waals surface area contributed by atoms with E-state index in [1.54, 1.807) is 18.9 Å². The molecule has 11 nitrogen and oxygen atoms in total. The zero-order valence-electron chi connectivity index (χ0n) is 20.1. The van der Waals surface area contributed by atoms with Crippen molar-refractivity contribution in [3.05, 3.63) is 66.7 Å². The highest BCUT2D eigenvalue weighted by Crippen LogP contribution is 2.34. The van der Waals surface area contributed by atoms with Crippen molar-refractivity contribution in [2.24, 2.45) is 5.73 Å². The summed E-state index contributed by atoms with van der Waals surface area (Å²) in [4.78, 5) is 33.9. The molecule has 6 rings (SSSR count). The quantitative estimate of drug-likeness (QED) is 0.349. The third-order valence-electron chi connectivity index (χ3n) is 6.38. The van der Waals surface area contributed by atoms with Crippen molar-refractivity contribution >= 4 is 28.6 Å². The fraction of sp³-hybridized carbons (Fsp3) is 0.231. The molecule has 0 saturated carbocycles. The second kappa shape index (κ2) is 9.43. The number of carbonyl (C=O) groups is 1. The molecule has 3 N–H and O–H groups in total. The van der Waals surface area contributed by atoms with Crippen molar-refractivity contribution in [2.75, 3.05) is 11.9 Å². The van der Waals surface area contributed by atoms with Crippen LogP contribution >= 0.6 is 0 Å². The molecule has 1 saturated heterocycles. The van der Waals surface area contributed by atoms with E-state index in [1.807, 2.05) is 41.8 Å². The monoisotopic (exact) mass is 496 g/mol. The van der Waals surface area contributed by atoms with Gasteiger partial charge in [-0.05, 0) is 56.0 Å². The first-order chi connectivity index (χ1) is 18.1. The molecular weight excluding hydrogens is 472 g/mol. The van der Waals surface area contributed by atoms with Gasteiger partial charge >= 0.3 is 0 Å². The van der Waals surface area contributed by atoms with Crippen LogP contribution in [0.15, 0.2) is 59.9 Å². The third-order valence-corrected chi connectivity index (χ3v) is 6.38. The number of hydrogen-bond donors (Lipinski definition) is 2. The molecule has 5 heterocycles. The Balaban J connectivity index is 1.37. The van der Waals surface area contributed by atoms with Crippen LogP contribution in [0.4, 0.5) is 11.5 Å². The molecule has 1 aliphatic heterocycles. The van der Waals surface area contributed by atoms with Crippen molar-refractivity contribution < 1.29 is 13.9 Å². The maximum Gasteiger partial charge on any atom is 0.270 e. The Morgan fingerprint density at radius 2 is 2.08 bits per heavy atom. The Morgan fingerprint density at radius 1 is 1.16 bits per heavy atom. The lowest BCUT2D eigenvalue weighted by Crippen LogP contribution is -2.17. The highest BCUT2D eigenvalue weighted by Gasteiger charge is 2.22. The standard InChI is InChI=1S/C26H24N8O3/c1-15-7-8-16(26-33-19(12-37-26)23(27)35)11-18(15)32-24-17(5-4-9-28-24)21-22-25(30-13-29-21)34(14-31-22)20-6-2-3-10-36-20/h4-5,7-9,11-14,20H,2-3,6,10H2,1H3,(H2,27,35)(H,28,32). The van der Waals surface area contributed by atoms with E-state index in [0.29, 0.717) is 28.5 Å². The first-order valence-corrected chi connectivity index (χ1v) is 12.0. The predicted octanol–water partition coefficient (Wildman–Crippen LogP) is 4.39. The second-order valence-corrected chi connectivity index (χ2v) is 8.82. The first kappa shape index (κ1) is 22.8. The fourth-order valence-electron chi connectivity index (χ4n) is 4.44. The van der Waals surface area contributed by atoms with Crippen LogP contribution in [-0.4, -0.2) is 42.0 Å². The number of imidazole rings is 1. The van der Waals surface area contributed by atoms with E-state index in [1.165, 1.54) is 6.26 Å². The van der Waals surface area contributed by atoms with E-state index in [-0.39, 0.29) is 11.9 Å². The Bertz CT molecular complexity index is 1600. The summed E-state index contributed by atoms with van der Waals surface area (Å²) < 4.78 is 13.4. The number of aryl methyl sites for hydroxylation is 1. The molecule has 37 heavy (non-hydrogen) atoms. The normalized spacial score (nSPS) is 15.6. The molecule has 0 aliphatic carbocycles. The van der Waals surface area contributed by atoms with Crippen LogP contribution < -0.4 is 11.1 Å². The van der Waals surface area contributed by atoms with E-state index in [2.05, 4.69) is 30.2 Å². The van der Waals surface area contributed by atoms with Gasteiger partial charge in [-0.15, -0.1) is 0 Å². The number of hydrogen-bond acceptors (Lipinski definition) is 9. The summed E-state index contributed by atoms with van der Waals surface area (Å²) in [7, 11) is 0. The smallest absolute Gasteiger partial charge is 0.270 e. The van der Waals surface area contributed by atoms with Gasteiger partial charge in [-0.1, -0.05) is 6.07 Å². The molecule has 1 fully saturated rings. The molecule has 186 valence electrons. The van der Waals surface area contributed by atoms with Crippen LogP contribution in [0.5, 0.6) is 0 Å². The number of ether oxygens (including phenoxy) is 1. The Kier molecular flexibility index (Phi) is 5.81. The number of amides is 1. The van der Waals surface area contributed by atoms with Crippen LogP contribution in [0.1, 0.15) is 41.5 Å². The fourth-order valence-corrected chi connectivity index (χ4v) is 4.44. The average molecular weight is 497 g/mol. The number of aromatic nitrogens is 6. The summed E-state index contributed by atoms with van der Waals surface area (Å²) in [5, 5.41) is 3.42. The number of oxazole rings is 1. The molecule has 1 amide bonds. The van der Waals surface area contributed by atoms with Gasteiger partial charge in [0.2, 0.25) is 5.89 Å². The van der Waals surface area contributed by atoms with Gasteiger partial charge in [-0.25, -0.2) is 24.9 Å². The minimum atomic E-state index is -0.646. The molecule has 1 atom stereocenters. The summed E-state index contributed by atoms with van der Waals surface area (Å²) in [6, 6.07) is 9.49. The van der Waals surface area contributed by atoms with E-state index < -0.39 is 5.91 Å². The number of primary amides is 1. The molecule has 4 aromatic heterocycles. The van der Waals surface area contributed by atoms with Crippen molar-refractivity contribution in [1.29, 1.82) is 0 Å². The molecule has 0 spiro atoms. The molecule has 0 radical (unpaired) electrons. The summed E-state index contributed by atoms with van der Waals surface area (Å²) >= 11 is 0. The number of pyridine rings is 1. The number of nitrogens with zero attached hydrogens (tertiary/aromatic N) is 6. The maximum absolute atomic E-state index is 11.4. The highest BCUT2D eigenvalue weighted by atomic mass is 16.5. The zero-order chi connectivity index (χ0) is 25.4. The summed E-state index contributed by atoms with van der Waals surface area (Å²) in [5.74, 6) is 0.259. The van der Waals surface area contributed by atoms with Crippen molar-refractivity contribution in [2.45, 2.75) is 32.4 Å². The Labute approximate surface area is 211 Å². The molecule has 1 unspecified atom stereocenters. The van der Waals surface area contributed by atoms with Crippen LogP contribution in [0.3, 0.4) is 0 Å². The van der Waals surface area contributed by atoms with E-state index in [4.69, 9.17) is 14.9 Å². The minimum absolute atomic E-state index is 0.0722. The van der Waals surface area contributed by atoms with Crippen LogP contribution in [0, 0.1) is 6.92 Å². The molecule has 1 aromatic carbocycles. The molecule has 0 bridgehead atoms. The van der Waals surface area contributed by atoms with Gasteiger partial charge in [0.05, 0.1) is 6.33 Å². The molecule has 11 heteroatoms. The lowest BCUT2D eigenvalue weighted by Gasteiger charge is -2.23. The minimum Gasteiger partial charge on any atom is -0.444 e. The SMILES string of the molecule is Cc1ccc(-c2nc(C(N)=O)co2)cc1Nc1ncccc1-c1ncnc2c1ncn2C1CCCCO1. The van der Waals surface area contributed by atoms with Crippen LogP contribution in [-0.2, 0) is 4.74 Å². The number of rotatable bonds is 6. The van der Waals surface area contributed by atoms with Crippen molar-refractivity contribution in [3.63, 3.8) is 0 Å². The highest BCUT2D eigenvalue weighted by molar-refractivity contribution is 5.92. The average Bonchev–Trinajstić information content (AvgIpc) is 3.59. The van der Waals surface area contributed by atoms with Gasteiger partial charge in [-0.3, -0.25) is 9.36 Å². The largest absolute Gasteiger partial charge is 0.444 e. The van der Waals surface area contributed by atoms with E-state index in [0.717, 1.165) is 48.3 Å². The third kappa shape index (κ3) is 4.29. The van der Waals surface area contributed by atoms with Gasteiger partial charge in [0, 0.05) is 29.6 Å². The maximum atomic E-state index is 11.4. The second-order valence-electron chi connectivity index (χ2n) is 8.82. The van der Waals surface area contributed by atoms with Crippen LogP contribution in [0.2, 0.25) is 0 Å². The summed E-state index contributed by atoms with van der Waals surface area (Å²) in [6.07, 6.45) is 9.29. The zero-order valence-corrected chi connectivity index (χ0v) is 20.1. The van der Waals surface area contributed by atoms with Gasteiger partial charge in [0.1, 0.15) is 35.8 Å². The summed E-state index contributed by atoms with van der Waals surface area (Å²) in [5.41, 5.74) is 10.7.